The maximum Gasteiger partial charge on any atom is 0.257 e. The van der Waals surface area contributed by atoms with Crippen molar-refractivity contribution in [3.8, 4) is 0 Å². The molecule has 4 nitrogen and oxygen atoms in total. The van der Waals surface area contributed by atoms with Gasteiger partial charge >= 0.3 is 0 Å². The lowest BCUT2D eigenvalue weighted by molar-refractivity contribution is 0.0760. The molecule has 3 rings (SSSR count). The molecule has 0 aliphatic carbocycles. The first-order valence-electron chi connectivity index (χ1n) is 6.89. The average molecular weight is 290 g/mol. The molecule has 0 bridgehead atoms. The molecule has 0 radical (unpaired) electrons. The number of furan rings is 1. The van der Waals surface area contributed by atoms with Gasteiger partial charge in [-0.1, -0.05) is 6.07 Å². The van der Waals surface area contributed by atoms with Gasteiger partial charge in [0.2, 0.25) is 0 Å². The quantitative estimate of drug-likeness (QED) is 0.872. The number of nitrogens with zero attached hydrogens (tertiary/aromatic N) is 2. The molecule has 3 heterocycles. The maximum absolute atomic E-state index is 12.3. The van der Waals surface area contributed by atoms with Crippen LogP contribution in [0.15, 0.2) is 40.5 Å². The van der Waals surface area contributed by atoms with Crippen LogP contribution < -0.4 is 0 Å². The van der Waals surface area contributed by atoms with Crippen molar-refractivity contribution in [2.24, 2.45) is 0 Å². The van der Waals surface area contributed by atoms with Gasteiger partial charge in [-0.15, -0.1) is 11.3 Å². The topological polar surface area (TPSA) is 36.7 Å². The van der Waals surface area contributed by atoms with Gasteiger partial charge < -0.3 is 9.32 Å². The van der Waals surface area contributed by atoms with Gasteiger partial charge in [0, 0.05) is 37.6 Å². The molecule has 2 aromatic heterocycles. The van der Waals surface area contributed by atoms with Crippen LogP contribution in [-0.2, 0) is 6.54 Å². The van der Waals surface area contributed by atoms with Gasteiger partial charge in [-0.3, -0.25) is 9.69 Å². The second kappa shape index (κ2) is 6.24. The first kappa shape index (κ1) is 13.4. The van der Waals surface area contributed by atoms with Crippen LogP contribution in [-0.4, -0.2) is 41.9 Å². The van der Waals surface area contributed by atoms with Crippen LogP contribution in [0.25, 0.3) is 0 Å². The third kappa shape index (κ3) is 3.11. The molecule has 5 heteroatoms. The summed E-state index contributed by atoms with van der Waals surface area (Å²) < 4.78 is 4.99. The molecule has 1 amide bonds. The highest BCUT2D eigenvalue weighted by Gasteiger charge is 2.21. The highest BCUT2D eigenvalue weighted by molar-refractivity contribution is 7.09. The van der Waals surface area contributed by atoms with Crippen molar-refractivity contribution in [1.29, 1.82) is 0 Å². The van der Waals surface area contributed by atoms with E-state index in [-0.39, 0.29) is 5.91 Å². The molecule has 0 spiro atoms. The minimum atomic E-state index is 0.0803. The van der Waals surface area contributed by atoms with Gasteiger partial charge in [0.15, 0.2) is 0 Å². The Morgan fingerprint density at radius 3 is 2.95 bits per heavy atom. The first-order chi connectivity index (χ1) is 9.83. The molecular formula is C15H18N2O2S. The smallest absolute Gasteiger partial charge is 0.257 e. The van der Waals surface area contributed by atoms with E-state index in [4.69, 9.17) is 4.42 Å². The summed E-state index contributed by atoms with van der Waals surface area (Å²) in [6.45, 7) is 4.58. The van der Waals surface area contributed by atoms with Gasteiger partial charge in [0.1, 0.15) is 6.26 Å². The van der Waals surface area contributed by atoms with E-state index in [2.05, 4.69) is 22.4 Å². The summed E-state index contributed by atoms with van der Waals surface area (Å²) in [5, 5.41) is 2.11. The number of hydrogen-bond donors (Lipinski definition) is 0. The van der Waals surface area contributed by atoms with Crippen LogP contribution in [0.5, 0.6) is 0 Å². The molecule has 0 aromatic carbocycles. The molecule has 1 saturated heterocycles. The Kier molecular flexibility index (Phi) is 4.18. The molecule has 20 heavy (non-hydrogen) atoms. The third-order valence-corrected chi connectivity index (χ3v) is 4.46. The zero-order valence-corrected chi connectivity index (χ0v) is 12.1. The van der Waals surface area contributed by atoms with E-state index < -0.39 is 0 Å². The fourth-order valence-corrected chi connectivity index (χ4v) is 3.27. The lowest BCUT2D eigenvalue weighted by Crippen LogP contribution is -2.34. The van der Waals surface area contributed by atoms with E-state index in [9.17, 15) is 4.79 Å². The summed E-state index contributed by atoms with van der Waals surface area (Å²) >= 11 is 1.79. The highest BCUT2D eigenvalue weighted by atomic mass is 32.1. The molecule has 0 saturated carbocycles. The van der Waals surface area contributed by atoms with E-state index in [1.165, 1.54) is 11.1 Å². The molecule has 1 aliphatic rings. The van der Waals surface area contributed by atoms with Crippen LogP contribution in [0, 0.1) is 0 Å². The molecule has 1 aliphatic heterocycles. The summed E-state index contributed by atoms with van der Waals surface area (Å²) in [4.78, 5) is 18.0. The SMILES string of the molecule is O=C(c1ccoc1)N1CCCN(Cc2cccs2)CC1. The maximum atomic E-state index is 12.3. The molecular weight excluding hydrogens is 272 g/mol. The van der Waals surface area contributed by atoms with Crippen LogP contribution >= 0.6 is 11.3 Å². The van der Waals surface area contributed by atoms with E-state index in [0.29, 0.717) is 5.56 Å². The Bertz CT molecular complexity index is 536. The highest BCUT2D eigenvalue weighted by Crippen LogP contribution is 2.15. The minimum absolute atomic E-state index is 0.0803. The lowest BCUT2D eigenvalue weighted by Gasteiger charge is -2.21. The van der Waals surface area contributed by atoms with Crippen molar-refractivity contribution in [3.05, 3.63) is 46.5 Å². The van der Waals surface area contributed by atoms with Gasteiger partial charge in [-0.2, -0.15) is 0 Å². The minimum Gasteiger partial charge on any atom is -0.472 e. The number of amides is 1. The Labute approximate surface area is 122 Å². The van der Waals surface area contributed by atoms with Gasteiger partial charge in [-0.05, 0) is 23.9 Å². The molecule has 106 valence electrons. The Balaban J connectivity index is 1.58. The van der Waals surface area contributed by atoms with E-state index in [1.54, 1.807) is 23.7 Å². The summed E-state index contributed by atoms with van der Waals surface area (Å²) in [6, 6.07) is 5.99. The normalized spacial score (nSPS) is 17.1. The second-order valence-electron chi connectivity index (χ2n) is 5.01. The van der Waals surface area contributed by atoms with Gasteiger partial charge in [-0.25, -0.2) is 0 Å². The molecule has 0 N–H and O–H groups in total. The van der Waals surface area contributed by atoms with Gasteiger partial charge in [0.25, 0.3) is 5.91 Å². The van der Waals surface area contributed by atoms with E-state index in [1.807, 2.05) is 4.90 Å². The fraction of sp³-hybridized carbons (Fsp3) is 0.400. The number of carbonyl (C=O) groups excluding carboxylic acids is 1. The Hall–Kier alpha value is -1.59. The first-order valence-corrected chi connectivity index (χ1v) is 7.77. The summed E-state index contributed by atoms with van der Waals surface area (Å²) in [5.41, 5.74) is 0.650. The monoisotopic (exact) mass is 290 g/mol. The summed E-state index contributed by atoms with van der Waals surface area (Å²) in [6.07, 6.45) is 4.10. The van der Waals surface area contributed by atoms with E-state index in [0.717, 1.165) is 39.1 Å². The van der Waals surface area contributed by atoms with E-state index >= 15 is 0 Å². The Morgan fingerprint density at radius 2 is 2.20 bits per heavy atom. The second-order valence-corrected chi connectivity index (χ2v) is 6.05. The summed E-state index contributed by atoms with van der Waals surface area (Å²) in [5.74, 6) is 0.0803. The predicted molar refractivity (Wildman–Crippen MR) is 78.8 cm³/mol. The number of carbonyl (C=O) groups is 1. The van der Waals surface area contributed by atoms with Crippen LogP contribution in [0.2, 0.25) is 0 Å². The molecule has 2 aromatic rings. The van der Waals surface area contributed by atoms with Crippen LogP contribution in [0.4, 0.5) is 0 Å². The van der Waals surface area contributed by atoms with Crippen molar-refractivity contribution in [2.75, 3.05) is 26.2 Å². The number of rotatable bonds is 3. The average Bonchev–Trinajstić information content (AvgIpc) is 3.10. The molecule has 0 unspecified atom stereocenters. The largest absolute Gasteiger partial charge is 0.472 e. The van der Waals surface area contributed by atoms with Gasteiger partial charge in [0.05, 0.1) is 11.8 Å². The zero-order valence-electron chi connectivity index (χ0n) is 11.3. The zero-order chi connectivity index (χ0) is 13.8. The Morgan fingerprint density at radius 1 is 1.25 bits per heavy atom. The summed E-state index contributed by atoms with van der Waals surface area (Å²) in [7, 11) is 0. The lowest BCUT2D eigenvalue weighted by atomic mass is 10.3. The molecule has 0 atom stereocenters. The van der Waals surface area contributed by atoms with Crippen molar-refractivity contribution >= 4 is 17.2 Å². The predicted octanol–water partition coefficient (Wildman–Crippen LogP) is 2.69. The molecule has 1 fully saturated rings. The van der Waals surface area contributed by atoms with Crippen LogP contribution in [0.1, 0.15) is 21.7 Å². The van der Waals surface area contributed by atoms with Crippen molar-refractivity contribution in [2.45, 2.75) is 13.0 Å². The number of hydrogen-bond acceptors (Lipinski definition) is 4. The van der Waals surface area contributed by atoms with Crippen LogP contribution in [0.3, 0.4) is 0 Å². The fourth-order valence-electron chi connectivity index (χ4n) is 2.52. The van der Waals surface area contributed by atoms with Crippen molar-refractivity contribution in [3.63, 3.8) is 0 Å². The third-order valence-electron chi connectivity index (χ3n) is 3.60. The number of thiophene rings is 1. The van der Waals surface area contributed by atoms with Crippen molar-refractivity contribution < 1.29 is 9.21 Å². The van der Waals surface area contributed by atoms with Crippen molar-refractivity contribution in [1.82, 2.24) is 9.80 Å². The standard InChI is InChI=1S/C15H18N2O2S/c18-15(13-4-9-19-12-13)17-6-2-5-16(7-8-17)11-14-3-1-10-20-14/h1,3-4,9-10,12H,2,5-8,11H2.